The van der Waals surface area contributed by atoms with E-state index in [9.17, 15) is 9.59 Å². The van der Waals surface area contributed by atoms with Crippen molar-refractivity contribution in [2.24, 2.45) is 0 Å². The van der Waals surface area contributed by atoms with Crippen LogP contribution in [0, 0.1) is 0 Å². The lowest BCUT2D eigenvalue weighted by atomic mass is 10.2. The minimum Gasteiger partial charge on any atom is -0.481 e. The third-order valence-electron chi connectivity index (χ3n) is 1.03. The van der Waals surface area contributed by atoms with Gasteiger partial charge in [0.1, 0.15) is 21.0 Å². The quantitative estimate of drug-likeness (QED) is 0.429. The zero-order valence-electron chi connectivity index (χ0n) is 7.95. The van der Waals surface area contributed by atoms with Gasteiger partial charge in [-0.15, -0.1) is 0 Å². The van der Waals surface area contributed by atoms with E-state index in [4.69, 9.17) is 10.2 Å². The minimum absolute atomic E-state index is 0.0628. The van der Waals surface area contributed by atoms with Crippen LogP contribution >= 0.6 is 0 Å². The molecule has 0 aromatic heterocycles. The number of carboxylic acids is 2. The Bertz CT molecular complexity index is 134. The number of unbranched alkanes of at least 4 members (excludes halogenated alkanes) is 1. The maximum absolute atomic E-state index is 9.90. The third kappa shape index (κ3) is 24.6. The SMILES string of the molecule is O=C(O)CCCCC(=O)O.[SiH3]O[SiH3]. The van der Waals surface area contributed by atoms with Gasteiger partial charge >= 0.3 is 11.9 Å². The summed E-state index contributed by atoms with van der Waals surface area (Å²) in [5.41, 5.74) is 0. The fourth-order valence-corrected chi connectivity index (χ4v) is 0.552. The van der Waals surface area contributed by atoms with Crippen molar-refractivity contribution in [2.45, 2.75) is 25.7 Å². The molecule has 0 aliphatic heterocycles. The van der Waals surface area contributed by atoms with E-state index < -0.39 is 11.9 Å². The normalized spacial score (nSPS) is 8.92. The molecule has 0 radical (unpaired) electrons. The Morgan fingerprint density at radius 1 is 1.00 bits per heavy atom. The topological polar surface area (TPSA) is 83.8 Å². The van der Waals surface area contributed by atoms with Gasteiger partial charge in [-0.2, -0.15) is 0 Å². The van der Waals surface area contributed by atoms with Crippen molar-refractivity contribution < 1.29 is 23.9 Å². The number of hydrogen-bond acceptors (Lipinski definition) is 3. The smallest absolute Gasteiger partial charge is 0.303 e. The number of carboxylic acid groups (broad SMARTS) is 2. The summed E-state index contributed by atoms with van der Waals surface area (Å²) in [4.78, 5) is 19.8. The van der Waals surface area contributed by atoms with Gasteiger partial charge in [0, 0.05) is 12.8 Å². The molecule has 0 aliphatic rings. The third-order valence-corrected chi connectivity index (χ3v) is 1.03. The zero-order valence-corrected chi connectivity index (χ0v) is 11.9. The molecule has 0 bridgehead atoms. The Morgan fingerprint density at radius 2 is 1.23 bits per heavy atom. The molecule has 0 amide bonds. The van der Waals surface area contributed by atoms with E-state index in [0.29, 0.717) is 12.8 Å². The van der Waals surface area contributed by atoms with Crippen LogP contribution in [0.2, 0.25) is 0 Å². The van der Waals surface area contributed by atoms with Gasteiger partial charge in [-0.1, -0.05) is 0 Å². The van der Waals surface area contributed by atoms with Crippen molar-refractivity contribution in [3.05, 3.63) is 0 Å². The van der Waals surface area contributed by atoms with E-state index in [-0.39, 0.29) is 12.8 Å². The molecule has 0 heterocycles. The van der Waals surface area contributed by atoms with Gasteiger partial charge in [-0.25, -0.2) is 0 Å². The first-order valence-corrected chi connectivity index (χ1v) is 5.51. The molecule has 5 nitrogen and oxygen atoms in total. The second-order valence-corrected chi connectivity index (χ2v) is 5.67. The summed E-state index contributed by atoms with van der Waals surface area (Å²) in [5, 5.41) is 16.3. The van der Waals surface area contributed by atoms with Crippen LogP contribution in [0.25, 0.3) is 0 Å². The number of rotatable bonds is 5. The second kappa shape index (κ2) is 11.3. The van der Waals surface area contributed by atoms with Crippen LogP contribution in [-0.2, 0) is 13.7 Å². The average molecular weight is 224 g/mol. The molecule has 13 heavy (non-hydrogen) atoms. The van der Waals surface area contributed by atoms with Gasteiger partial charge in [-0.05, 0) is 12.8 Å². The zero-order chi connectivity index (χ0) is 10.7. The Morgan fingerprint density at radius 3 is 1.38 bits per heavy atom. The average Bonchev–Trinajstić information content (AvgIpc) is 1.99. The lowest BCUT2D eigenvalue weighted by Crippen LogP contribution is -1.97. The van der Waals surface area contributed by atoms with Crippen molar-refractivity contribution in [3.63, 3.8) is 0 Å². The Labute approximate surface area is 83.2 Å². The highest BCUT2D eigenvalue weighted by Gasteiger charge is 1.99. The molecule has 0 saturated heterocycles. The maximum atomic E-state index is 9.90. The molecule has 0 rings (SSSR count). The summed E-state index contributed by atoms with van der Waals surface area (Å²) in [6.07, 6.45) is 1.02. The molecule has 0 fully saturated rings. The first kappa shape index (κ1) is 14.8. The molecular formula is C6H16O5Si2. The van der Waals surface area contributed by atoms with Gasteiger partial charge in [-0.3, -0.25) is 9.59 Å². The molecule has 0 atom stereocenters. The molecule has 0 unspecified atom stereocenters. The van der Waals surface area contributed by atoms with E-state index in [1.54, 1.807) is 0 Å². The highest BCUT2D eigenvalue weighted by Crippen LogP contribution is 1.98. The van der Waals surface area contributed by atoms with E-state index in [1.165, 1.54) is 0 Å². The van der Waals surface area contributed by atoms with Crippen LogP contribution in [-0.4, -0.2) is 43.1 Å². The van der Waals surface area contributed by atoms with E-state index in [2.05, 4.69) is 4.12 Å². The van der Waals surface area contributed by atoms with E-state index in [1.807, 2.05) is 0 Å². The van der Waals surface area contributed by atoms with Gasteiger partial charge in [0.25, 0.3) is 0 Å². The molecular weight excluding hydrogens is 208 g/mol. The Kier molecular flexibility index (Phi) is 12.9. The molecule has 0 saturated carbocycles. The van der Waals surface area contributed by atoms with Gasteiger partial charge in [0.15, 0.2) is 0 Å². The molecule has 7 heteroatoms. The predicted octanol–water partition coefficient (Wildman–Crippen LogP) is -1.72. The van der Waals surface area contributed by atoms with Crippen molar-refractivity contribution in [1.82, 2.24) is 0 Å². The maximum Gasteiger partial charge on any atom is 0.303 e. The van der Waals surface area contributed by atoms with E-state index >= 15 is 0 Å². The first-order chi connectivity index (χ1) is 6.04. The molecule has 0 aromatic carbocycles. The number of carbonyl (C=O) groups is 2. The van der Waals surface area contributed by atoms with Gasteiger partial charge in [0.05, 0.1) is 0 Å². The largest absolute Gasteiger partial charge is 0.481 e. The van der Waals surface area contributed by atoms with Crippen molar-refractivity contribution in [1.29, 1.82) is 0 Å². The van der Waals surface area contributed by atoms with Crippen LogP contribution in [0.4, 0.5) is 0 Å². The fourth-order valence-electron chi connectivity index (χ4n) is 0.552. The molecule has 78 valence electrons. The summed E-state index contributed by atoms with van der Waals surface area (Å²) >= 11 is 0. The van der Waals surface area contributed by atoms with Crippen LogP contribution in [0.1, 0.15) is 25.7 Å². The molecule has 0 aliphatic carbocycles. The number of aliphatic carboxylic acids is 2. The second-order valence-electron chi connectivity index (χ2n) is 2.40. The van der Waals surface area contributed by atoms with Crippen molar-refractivity contribution in [3.8, 4) is 0 Å². The summed E-state index contributed by atoms with van der Waals surface area (Å²) in [6, 6.07) is 0. The fraction of sp³-hybridized carbons (Fsp3) is 0.667. The lowest BCUT2D eigenvalue weighted by Gasteiger charge is -1.92. The van der Waals surface area contributed by atoms with Crippen LogP contribution in [0.5, 0.6) is 0 Å². The van der Waals surface area contributed by atoms with Crippen molar-refractivity contribution in [2.75, 3.05) is 0 Å². The summed E-state index contributed by atoms with van der Waals surface area (Å²) in [6.45, 7) is 0. The lowest BCUT2D eigenvalue weighted by molar-refractivity contribution is -0.139. The molecule has 2 N–H and O–H groups in total. The number of hydrogen-bond donors (Lipinski definition) is 2. The van der Waals surface area contributed by atoms with Crippen LogP contribution in [0.3, 0.4) is 0 Å². The summed E-state index contributed by atoms with van der Waals surface area (Å²) in [7, 11) is 1.86. The summed E-state index contributed by atoms with van der Waals surface area (Å²) < 4.78 is 4.53. The molecule has 0 aromatic rings. The van der Waals surface area contributed by atoms with Crippen LogP contribution < -0.4 is 0 Å². The predicted molar refractivity (Wildman–Crippen MR) is 54.7 cm³/mol. The minimum atomic E-state index is -0.870. The standard InChI is InChI=1S/C6H10O4.H6OSi2/c7-5(8)3-1-2-4-6(9)10;2-1-3/h1-4H2,(H,7,8)(H,9,10);2-3H3. The van der Waals surface area contributed by atoms with E-state index in [0.717, 1.165) is 21.0 Å². The van der Waals surface area contributed by atoms with Gasteiger partial charge in [0.2, 0.25) is 0 Å². The first-order valence-electron chi connectivity index (χ1n) is 3.88. The monoisotopic (exact) mass is 224 g/mol. The Balaban J connectivity index is 0. The highest BCUT2D eigenvalue weighted by molar-refractivity contribution is 6.15. The molecule has 0 spiro atoms. The highest BCUT2D eigenvalue weighted by atomic mass is 28.3. The summed E-state index contributed by atoms with van der Waals surface area (Å²) in [5.74, 6) is -1.74. The van der Waals surface area contributed by atoms with Gasteiger partial charge < -0.3 is 14.3 Å². The van der Waals surface area contributed by atoms with Crippen LogP contribution in [0.15, 0.2) is 0 Å². The van der Waals surface area contributed by atoms with Crippen molar-refractivity contribution >= 4 is 32.9 Å². The Hall–Kier alpha value is -0.666.